The van der Waals surface area contributed by atoms with Gasteiger partial charge in [0.05, 0.1) is 26.3 Å². The zero-order valence-electron chi connectivity index (χ0n) is 24.1. The first-order valence-electron chi connectivity index (χ1n) is 13.2. The summed E-state index contributed by atoms with van der Waals surface area (Å²) in [4.78, 5) is 32.9. The number of carbonyl (C=O) groups is 2. The molecule has 3 aromatic carbocycles. The van der Waals surface area contributed by atoms with Gasteiger partial charge >= 0.3 is 0 Å². The zero-order chi connectivity index (χ0) is 31.0. The lowest BCUT2D eigenvalue weighted by Crippen LogP contribution is -2.46. The number of amides is 2. The van der Waals surface area contributed by atoms with Crippen LogP contribution < -0.4 is 15.8 Å². The molecule has 1 saturated heterocycles. The van der Waals surface area contributed by atoms with Gasteiger partial charge in [-0.2, -0.15) is 0 Å². The number of hydrogen-bond acceptors (Lipinski definition) is 4. The Labute approximate surface area is 271 Å². The van der Waals surface area contributed by atoms with E-state index >= 15 is 0 Å². The number of carbonyl (C=O) groups excluding carboxylic acids is 2. The lowest BCUT2D eigenvalue weighted by atomic mass is 9.81. The topological polar surface area (TPSA) is 73.8 Å². The fourth-order valence-corrected chi connectivity index (χ4v) is 7.30. The van der Waals surface area contributed by atoms with Crippen molar-refractivity contribution in [2.45, 2.75) is 63.6 Å². The number of aliphatic imine (C=N–C) groups is 1. The van der Waals surface area contributed by atoms with E-state index in [0.717, 1.165) is 12.0 Å². The van der Waals surface area contributed by atoms with Gasteiger partial charge in [0.15, 0.2) is 0 Å². The van der Waals surface area contributed by atoms with Crippen molar-refractivity contribution in [2.75, 3.05) is 5.01 Å². The number of amidine groups is 1. The van der Waals surface area contributed by atoms with Crippen LogP contribution in [0, 0.1) is 12.3 Å². The largest absolute Gasteiger partial charge is 0.347 e. The number of thioether (sulfide) groups is 1. The van der Waals surface area contributed by atoms with E-state index in [2.05, 4.69) is 31.5 Å². The van der Waals surface area contributed by atoms with Gasteiger partial charge in [0.1, 0.15) is 16.8 Å². The minimum atomic E-state index is -0.874. The summed E-state index contributed by atoms with van der Waals surface area (Å²) >= 11 is 26.8. The van der Waals surface area contributed by atoms with E-state index in [1.165, 1.54) is 28.9 Å². The molecule has 0 spiro atoms. The summed E-state index contributed by atoms with van der Waals surface area (Å²) in [5.41, 5.74) is 4.78. The molecular formula is C31H32Cl4N4O2S. The Morgan fingerprint density at radius 3 is 2.26 bits per heavy atom. The minimum absolute atomic E-state index is 0.0170. The van der Waals surface area contributed by atoms with Crippen LogP contribution in [-0.4, -0.2) is 28.4 Å². The van der Waals surface area contributed by atoms with Gasteiger partial charge in [0.2, 0.25) is 0 Å². The van der Waals surface area contributed by atoms with Gasteiger partial charge in [-0.05, 0) is 74.6 Å². The highest BCUT2D eigenvalue weighted by Crippen LogP contribution is 2.40. The predicted molar refractivity (Wildman–Crippen MR) is 177 cm³/mol. The Bertz CT molecular complexity index is 1550. The molecule has 1 unspecified atom stereocenters. The number of halogens is 4. The molecule has 42 heavy (non-hydrogen) atoms. The third-order valence-electron chi connectivity index (χ3n) is 6.27. The maximum absolute atomic E-state index is 14.0. The van der Waals surface area contributed by atoms with Gasteiger partial charge < -0.3 is 5.32 Å². The van der Waals surface area contributed by atoms with Crippen molar-refractivity contribution < 1.29 is 9.59 Å². The van der Waals surface area contributed by atoms with Gasteiger partial charge in [0.25, 0.3) is 11.8 Å². The molecule has 1 aliphatic rings. The van der Waals surface area contributed by atoms with Crippen LogP contribution in [-0.2, 0) is 4.79 Å². The molecular weight excluding hydrogens is 634 g/mol. The molecule has 1 heterocycles. The number of aryl methyl sites for hydroxylation is 1. The van der Waals surface area contributed by atoms with Gasteiger partial charge in [-0.3, -0.25) is 15.0 Å². The number of hydrazine groups is 1. The van der Waals surface area contributed by atoms with Crippen molar-refractivity contribution in [3.63, 3.8) is 0 Å². The van der Waals surface area contributed by atoms with Crippen molar-refractivity contribution in [3.8, 4) is 0 Å². The van der Waals surface area contributed by atoms with Crippen molar-refractivity contribution in [3.05, 3.63) is 85.8 Å². The van der Waals surface area contributed by atoms with E-state index in [-0.39, 0.29) is 33.0 Å². The Hall–Kier alpha value is -2.42. The highest BCUT2D eigenvalue weighted by molar-refractivity contribution is 8.01. The molecule has 0 aliphatic carbocycles. The molecule has 6 nitrogen and oxygen atoms in total. The van der Waals surface area contributed by atoms with Crippen LogP contribution in [0.15, 0.2) is 64.5 Å². The molecule has 222 valence electrons. The third kappa shape index (κ3) is 7.74. The van der Waals surface area contributed by atoms with Gasteiger partial charge in [-0.15, -0.1) is 11.8 Å². The van der Waals surface area contributed by atoms with E-state index in [0.29, 0.717) is 32.0 Å². The van der Waals surface area contributed by atoms with E-state index in [9.17, 15) is 9.59 Å². The molecule has 2 N–H and O–H groups in total. The molecule has 4 rings (SSSR count). The van der Waals surface area contributed by atoms with Crippen molar-refractivity contribution in [2.24, 2.45) is 10.4 Å². The fraction of sp³-hybridized carbons (Fsp3) is 0.323. The SMILES string of the molecule is Cc1ccc(Cl)c(N=C2NN(c3c(Cl)cc(Cl)cc3Cl)C(=O)C2Sc2ccccc2C(=O)NC(C)(C)CC(C)(C)C)c1. The first-order valence-corrected chi connectivity index (χ1v) is 15.6. The molecule has 0 bridgehead atoms. The Balaban J connectivity index is 1.75. The van der Waals surface area contributed by atoms with Crippen LogP contribution in [0.4, 0.5) is 11.4 Å². The van der Waals surface area contributed by atoms with Crippen LogP contribution >= 0.6 is 58.2 Å². The highest BCUT2D eigenvalue weighted by Gasteiger charge is 2.42. The Kier molecular flexibility index (Phi) is 9.80. The lowest BCUT2D eigenvalue weighted by molar-refractivity contribution is -0.116. The summed E-state index contributed by atoms with van der Waals surface area (Å²) in [5.74, 6) is -0.300. The molecule has 2 amide bonds. The number of anilines is 1. The van der Waals surface area contributed by atoms with E-state index in [1.54, 1.807) is 18.2 Å². The molecule has 1 aliphatic heterocycles. The Morgan fingerprint density at radius 2 is 1.62 bits per heavy atom. The second-order valence-electron chi connectivity index (χ2n) is 12.0. The average molecular weight is 667 g/mol. The van der Waals surface area contributed by atoms with Crippen LogP contribution in [0.1, 0.15) is 57.0 Å². The summed E-state index contributed by atoms with van der Waals surface area (Å²) < 4.78 is 0. The van der Waals surface area contributed by atoms with Gasteiger partial charge in [0, 0.05) is 15.5 Å². The second kappa shape index (κ2) is 12.7. The van der Waals surface area contributed by atoms with Crippen LogP contribution in [0.2, 0.25) is 20.1 Å². The van der Waals surface area contributed by atoms with Crippen LogP contribution in [0.3, 0.4) is 0 Å². The van der Waals surface area contributed by atoms with Crippen LogP contribution in [0.25, 0.3) is 0 Å². The monoisotopic (exact) mass is 664 g/mol. The zero-order valence-corrected chi connectivity index (χ0v) is 28.0. The molecule has 11 heteroatoms. The predicted octanol–water partition coefficient (Wildman–Crippen LogP) is 9.30. The summed E-state index contributed by atoms with van der Waals surface area (Å²) in [6.07, 6.45) is 0.776. The number of hydrogen-bond donors (Lipinski definition) is 2. The second-order valence-corrected chi connectivity index (χ2v) is 14.8. The number of benzene rings is 3. The third-order valence-corrected chi connectivity index (χ3v) is 8.65. The molecule has 0 saturated carbocycles. The molecule has 1 atom stereocenters. The molecule has 3 aromatic rings. The maximum Gasteiger partial charge on any atom is 0.267 e. The van der Waals surface area contributed by atoms with Crippen molar-refractivity contribution >= 4 is 87.2 Å². The van der Waals surface area contributed by atoms with E-state index in [4.69, 9.17) is 51.4 Å². The van der Waals surface area contributed by atoms with Crippen molar-refractivity contribution in [1.82, 2.24) is 10.7 Å². The smallest absolute Gasteiger partial charge is 0.267 e. The van der Waals surface area contributed by atoms with Crippen molar-refractivity contribution in [1.29, 1.82) is 0 Å². The summed E-state index contributed by atoms with van der Waals surface area (Å²) in [5, 5.41) is 4.69. The molecule has 0 aromatic heterocycles. The first kappa shape index (κ1) is 32.5. The number of nitrogens with zero attached hydrogens (tertiary/aromatic N) is 2. The van der Waals surface area contributed by atoms with E-state index < -0.39 is 10.8 Å². The minimum Gasteiger partial charge on any atom is -0.347 e. The highest BCUT2D eigenvalue weighted by atomic mass is 35.5. The number of nitrogens with one attached hydrogen (secondary N) is 2. The van der Waals surface area contributed by atoms with Gasteiger partial charge in [-0.1, -0.05) is 85.4 Å². The average Bonchev–Trinajstić information content (AvgIpc) is 3.13. The molecule has 0 radical (unpaired) electrons. The lowest BCUT2D eigenvalue weighted by Gasteiger charge is -2.33. The van der Waals surface area contributed by atoms with Gasteiger partial charge in [-0.25, -0.2) is 10.0 Å². The first-order chi connectivity index (χ1) is 19.5. The standard InChI is InChI=1S/C31H32Cl4N4O2S/c1-17-11-12-20(33)23(13-17)36-27-26(29(41)39(38-27)25-21(34)14-18(32)15-22(25)35)42-24-10-8-7-9-19(24)28(40)37-31(5,6)16-30(2,3)4/h7-15,26H,16H2,1-6H3,(H,36,38)(H,37,40). The Morgan fingerprint density at radius 1 is 0.976 bits per heavy atom. The summed E-state index contributed by atoms with van der Waals surface area (Å²) in [6, 6.07) is 15.6. The molecule has 1 fully saturated rings. The maximum atomic E-state index is 14.0. The quantitative estimate of drug-likeness (QED) is 0.264. The summed E-state index contributed by atoms with van der Waals surface area (Å²) in [7, 11) is 0. The van der Waals surface area contributed by atoms with E-state index in [1.807, 2.05) is 45.0 Å². The fourth-order valence-electron chi connectivity index (χ4n) is 5.03. The summed E-state index contributed by atoms with van der Waals surface area (Å²) in [6.45, 7) is 12.3. The number of rotatable bonds is 7. The normalized spacial score (nSPS) is 16.6. The van der Waals surface area contributed by atoms with Crippen LogP contribution in [0.5, 0.6) is 0 Å².